The van der Waals surface area contributed by atoms with Crippen molar-refractivity contribution in [3.8, 4) is 22.5 Å². The molecule has 0 saturated carbocycles. The summed E-state index contributed by atoms with van der Waals surface area (Å²) in [5.74, 6) is -1.60. The number of nitrogens with one attached hydrogen (secondary N) is 2. The lowest BCUT2D eigenvalue weighted by molar-refractivity contribution is -0.146. The zero-order valence-corrected chi connectivity index (χ0v) is 47.8. The van der Waals surface area contributed by atoms with Gasteiger partial charge in [-0.1, -0.05) is 93.2 Å². The fraction of sp³-hybridized carbons (Fsp3) is 0.464. The first-order valence-electron chi connectivity index (χ1n) is 26.5. The molecule has 8 rings (SSSR count). The number of hydrogen-bond acceptors (Lipinski definition) is 16. The Balaban J connectivity index is 0.591. The Morgan fingerprint density at radius 1 is 0.550 bits per heavy atom. The van der Waals surface area contributed by atoms with Gasteiger partial charge in [-0.15, -0.1) is 10.2 Å². The predicted molar refractivity (Wildman–Crippen MR) is 303 cm³/mol. The van der Waals surface area contributed by atoms with Gasteiger partial charge in [0.1, 0.15) is 11.4 Å². The number of ether oxygens (including phenoxy) is 6. The monoisotopic (exact) mass is 1180 g/mol. The fourth-order valence-corrected chi connectivity index (χ4v) is 10.7. The molecular formula is C56H68Cl4N10O10. The quantitative estimate of drug-likeness (QED) is 0.0382. The van der Waals surface area contributed by atoms with Gasteiger partial charge in [-0.2, -0.15) is 0 Å². The second kappa shape index (κ2) is 30.8. The molecule has 0 aliphatic carbocycles. The van der Waals surface area contributed by atoms with Crippen LogP contribution in [0.15, 0.2) is 85.2 Å². The van der Waals surface area contributed by atoms with Crippen LogP contribution in [0.1, 0.15) is 45.2 Å². The molecule has 2 aromatic heterocycles. The molecule has 0 saturated heterocycles. The van der Waals surface area contributed by atoms with Crippen molar-refractivity contribution in [3.63, 3.8) is 0 Å². The molecule has 2 aliphatic heterocycles. The van der Waals surface area contributed by atoms with Crippen LogP contribution in [-0.2, 0) is 64.2 Å². The van der Waals surface area contributed by atoms with E-state index in [1.54, 1.807) is 21.5 Å². The van der Waals surface area contributed by atoms with Gasteiger partial charge in [-0.25, -0.2) is 9.36 Å². The number of aliphatic hydroxyl groups excluding tert-OH is 2. The van der Waals surface area contributed by atoms with E-state index in [1.807, 2.05) is 48.8 Å². The molecule has 20 nitrogen and oxygen atoms in total. The first-order chi connectivity index (χ1) is 38.8. The number of carbonyl (C=O) groups excluding carboxylic acids is 2. The Morgan fingerprint density at radius 3 is 1.32 bits per heavy atom. The SMILES string of the molecule is CN1Cc2c(Cl)cc(Cl)cc2[C@H](c2cccc(-c3cn(CCOCCOCCOCCNC(=O)[C@@H](O)[C@H](O)C(=O)NCCOCCOCCOCCn4cc(-c5cccc([C@@H]6CN(C)Cc7c(Cl)cc(Cl)cc76)c5)nn4)nn3)c2)C1. The Labute approximate surface area is 485 Å². The number of carbonyl (C=O) groups is 2. The van der Waals surface area contributed by atoms with Crippen molar-refractivity contribution in [2.24, 2.45) is 0 Å². The molecule has 0 unspecified atom stereocenters. The summed E-state index contributed by atoms with van der Waals surface area (Å²) in [5, 5.41) is 45.3. The van der Waals surface area contributed by atoms with E-state index in [0.29, 0.717) is 86.0 Å². The molecule has 80 heavy (non-hydrogen) atoms. The van der Waals surface area contributed by atoms with Gasteiger partial charge in [-0.05, 0) is 83.9 Å². The van der Waals surface area contributed by atoms with Crippen LogP contribution < -0.4 is 10.6 Å². The Hall–Kier alpha value is -5.14. The van der Waals surface area contributed by atoms with E-state index in [9.17, 15) is 19.8 Å². The van der Waals surface area contributed by atoms with Gasteiger partial charge < -0.3 is 59.1 Å². The molecule has 4 atom stereocenters. The van der Waals surface area contributed by atoms with E-state index in [-0.39, 0.29) is 51.4 Å². The first-order valence-corrected chi connectivity index (χ1v) is 28.0. The smallest absolute Gasteiger partial charge is 0.252 e. The Bertz CT molecular complexity index is 2770. The molecule has 4 N–H and O–H groups in total. The highest BCUT2D eigenvalue weighted by Crippen LogP contribution is 2.41. The summed E-state index contributed by atoms with van der Waals surface area (Å²) in [6.07, 6.45) is -0.146. The summed E-state index contributed by atoms with van der Waals surface area (Å²) in [6, 6.07) is 24.3. The van der Waals surface area contributed by atoms with Gasteiger partial charge >= 0.3 is 0 Å². The molecular weight excluding hydrogens is 1110 g/mol. The number of nitrogens with zero attached hydrogens (tertiary/aromatic N) is 8. The minimum Gasteiger partial charge on any atom is -0.380 e. The van der Waals surface area contributed by atoms with Crippen LogP contribution in [0.2, 0.25) is 20.1 Å². The third-order valence-corrected chi connectivity index (χ3v) is 14.7. The number of hydrogen-bond donors (Lipinski definition) is 4. The molecule has 0 radical (unpaired) electrons. The van der Waals surface area contributed by atoms with Crippen molar-refractivity contribution in [3.05, 3.63) is 139 Å². The van der Waals surface area contributed by atoms with Crippen molar-refractivity contribution in [2.75, 3.05) is 120 Å². The molecule has 0 spiro atoms. The van der Waals surface area contributed by atoms with Crippen LogP contribution in [-0.4, -0.2) is 194 Å². The summed E-state index contributed by atoms with van der Waals surface area (Å²) in [7, 11) is 4.18. The number of aliphatic hydroxyl groups is 2. The van der Waals surface area contributed by atoms with E-state index in [4.69, 9.17) is 74.8 Å². The number of likely N-dealkylation sites (N-methyl/N-ethyl adjacent to an activating group) is 2. The third kappa shape index (κ3) is 17.4. The number of aromatic nitrogens is 6. The molecule has 2 amide bonds. The second-order valence-corrected chi connectivity index (χ2v) is 21.2. The Morgan fingerprint density at radius 2 is 0.925 bits per heavy atom. The molecule has 0 fully saturated rings. The number of halogens is 4. The van der Waals surface area contributed by atoms with Gasteiger partial charge in [0, 0.05) is 82.3 Å². The highest BCUT2D eigenvalue weighted by Gasteiger charge is 2.31. The molecule has 0 bridgehead atoms. The molecule has 4 heterocycles. The van der Waals surface area contributed by atoms with E-state index in [2.05, 4.69) is 79.4 Å². The number of amides is 2. The standard InChI is InChI=1S/C56H68Cl4N10O10/c1-67-31-45(43-27-41(57)29-49(59)47(43)33-67)37-5-3-7-39(25-37)51-35-69(65-63-51)11-15-77-19-23-79-21-17-75-13-9-61-55(73)53(71)54(72)56(74)62-10-14-76-18-22-80-24-20-78-16-12-70-36-52(64-66-70)40-8-4-6-38(26-40)46-32-68(2)34-48-44(46)28-42(58)30-50(48)60/h3-8,25-30,35-36,45-46,53-54,71-72H,9-24,31-34H2,1-2H3,(H,61,73)(H,62,74)/t45-,46-,53-,54-/m0/s1. The van der Waals surface area contributed by atoms with Gasteiger partial charge in [0.25, 0.3) is 11.8 Å². The van der Waals surface area contributed by atoms with Crippen molar-refractivity contribution in [2.45, 2.75) is 50.2 Å². The molecule has 430 valence electrons. The zero-order chi connectivity index (χ0) is 56.4. The highest BCUT2D eigenvalue weighted by molar-refractivity contribution is 6.35. The van der Waals surface area contributed by atoms with Gasteiger partial charge in [-0.3, -0.25) is 9.59 Å². The predicted octanol–water partition coefficient (Wildman–Crippen LogP) is 5.73. The first kappa shape index (κ1) is 60.9. The minimum absolute atomic E-state index is 0.0477. The maximum absolute atomic E-state index is 12.3. The van der Waals surface area contributed by atoms with Gasteiger partial charge in [0.2, 0.25) is 0 Å². The van der Waals surface area contributed by atoms with Crippen LogP contribution in [0.25, 0.3) is 22.5 Å². The summed E-state index contributed by atoms with van der Waals surface area (Å²) >= 11 is 26.0. The van der Waals surface area contributed by atoms with Crippen molar-refractivity contribution < 1.29 is 48.2 Å². The van der Waals surface area contributed by atoms with Crippen LogP contribution >= 0.6 is 46.4 Å². The zero-order valence-electron chi connectivity index (χ0n) is 44.8. The number of rotatable bonds is 31. The topological polar surface area (TPSA) is 222 Å². The van der Waals surface area contributed by atoms with Crippen molar-refractivity contribution >= 4 is 58.2 Å². The van der Waals surface area contributed by atoms with Crippen LogP contribution in [0.3, 0.4) is 0 Å². The molecule has 24 heteroatoms. The van der Waals surface area contributed by atoms with Crippen LogP contribution in [0.4, 0.5) is 0 Å². The van der Waals surface area contributed by atoms with Crippen molar-refractivity contribution in [1.29, 1.82) is 0 Å². The lowest BCUT2D eigenvalue weighted by atomic mass is 9.84. The minimum atomic E-state index is -1.97. The third-order valence-electron chi connectivity index (χ3n) is 13.6. The maximum Gasteiger partial charge on any atom is 0.252 e. The lowest BCUT2D eigenvalue weighted by Gasteiger charge is -2.33. The highest BCUT2D eigenvalue weighted by atomic mass is 35.5. The molecule has 4 aromatic carbocycles. The van der Waals surface area contributed by atoms with Crippen LogP contribution in [0.5, 0.6) is 0 Å². The second-order valence-electron chi connectivity index (χ2n) is 19.5. The summed E-state index contributed by atoms with van der Waals surface area (Å²) < 4.78 is 37.0. The summed E-state index contributed by atoms with van der Waals surface area (Å²) in [4.78, 5) is 29.2. The summed E-state index contributed by atoms with van der Waals surface area (Å²) in [5.41, 5.74) is 10.3. The largest absolute Gasteiger partial charge is 0.380 e. The number of fused-ring (bicyclic) bond motifs is 2. The maximum atomic E-state index is 12.3. The average Bonchev–Trinajstić information content (AvgIpc) is 4.14. The number of benzene rings is 4. The van der Waals surface area contributed by atoms with E-state index >= 15 is 0 Å². The van der Waals surface area contributed by atoms with Crippen molar-refractivity contribution in [1.82, 2.24) is 50.4 Å². The Kier molecular flexibility index (Phi) is 23.4. The van der Waals surface area contributed by atoms with E-state index in [1.165, 1.54) is 0 Å². The molecule has 2 aliphatic rings. The lowest BCUT2D eigenvalue weighted by Crippen LogP contribution is -2.50. The van der Waals surface area contributed by atoms with Gasteiger partial charge in [0.05, 0.1) is 105 Å². The average molecular weight is 1180 g/mol. The van der Waals surface area contributed by atoms with Crippen LogP contribution in [0, 0.1) is 0 Å². The van der Waals surface area contributed by atoms with E-state index < -0.39 is 24.0 Å². The fourth-order valence-electron chi connectivity index (χ4n) is 9.56. The van der Waals surface area contributed by atoms with E-state index in [0.717, 1.165) is 82.1 Å². The summed E-state index contributed by atoms with van der Waals surface area (Å²) in [6.45, 7) is 8.00. The molecule has 6 aromatic rings. The van der Waals surface area contributed by atoms with Gasteiger partial charge in [0.15, 0.2) is 12.2 Å². The normalized spacial score (nSPS) is 16.3.